The average molecular weight is 342 g/mol. The lowest BCUT2D eigenvalue weighted by Crippen LogP contribution is -2.43. The molecule has 2 amide bonds. The second-order valence-corrected chi connectivity index (χ2v) is 5.60. The molecule has 1 heterocycles. The first kappa shape index (κ1) is 19.3. The monoisotopic (exact) mass is 341 g/mol. The molecule has 1 atom stereocenters. The van der Waals surface area contributed by atoms with Gasteiger partial charge in [-0.05, 0) is 31.5 Å². The summed E-state index contributed by atoms with van der Waals surface area (Å²) < 4.78 is 5.44. The van der Waals surface area contributed by atoms with E-state index in [0.717, 1.165) is 25.8 Å². The highest BCUT2D eigenvalue weighted by Gasteiger charge is 2.20. The molecule has 2 N–H and O–H groups in total. The maximum Gasteiger partial charge on any atom is 0.259 e. The summed E-state index contributed by atoms with van der Waals surface area (Å²) in [7, 11) is 3.36. The van der Waals surface area contributed by atoms with Crippen molar-refractivity contribution in [1.29, 1.82) is 0 Å². The van der Waals surface area contributed by atoms with Gasteiger partial charge in [0.05, 0.1) is 6.04 Å². The molecule has 0 bridgehead atoms. The number of amides is 2. The van der Waals surface area contributed by atoms with E-state index in [1.54, 1.807) is 38.4 Å². The Morgan fingerprint density at radius 3 is 2.78 bits per heavy atom. The molecular weight excluding hydrogens is 318 g/mol. The molecule has 0 saturated carbocycles. The fourth-order valence-corrected chi connectivity index (χ4v) is 2.24. The van der Waals surface area contributed by atoms with Crippen LogP contribution in [-0.2, 0) is 9.59 Å². The second-order valence-electron chi connectivity index (χ2n) is 5.60. The molecule has 2 rings (SSSR count). The van der Waals surface area contributed by atoms with Crippen LogP contribution in [0.25, 0.3) is 0 Å². The summed E-state index contributed by atoms with van der Waals surface area (Å²) in [6.45, 7) is 0.864. The minimum absolute atomic E-state index is 0. The van der Waals surface area contributed by atoms with Crippen molar-refractivity contribution >= 4 is 29.9 Å². The minimum atomic E-state index is -0.131. The molecule has 23 heavy (non-hydrogen) atoms. The van der Waals surface area contributed by atoms with Crippen LogP contribution in [0, 0.1) is 0 Å². The predicted molar refractivity (Wildman–Crippen MR) is 92.2 cm³/mol. The van der Waals surface area contributed by atoms with E-state index >= 15 is 0 Å². The smallest absolute Gasteiger partial charge is 0.259 e. The molecule has 1 aliphatic heterocycles. The third kappa shape index (κ3) is 6.08. The molecule has 128 valence electrons. The van der Waals surface area contributed by atoms with Gasteiger partial charge in [0.15, 0.2) is 6.61 Å². The Kier molecular flexibility index (Phi) is 7.85. The molecule has 1 aromatic carbocycles. The first-order valence-electron chi connectivity index (χ1n) is 7.53. The number of anilines is 1. The molecule has 1 unspecified atom stereocenters. The van der Waals surface area contributed by atoms with Crippen molar-refractivity contribution in [3.05, 3.63) is 24.3 Å². The molecule has 6 nitrogen and oxygen atoms in total. The molecule has 1 saturated heterocycles. The normalized spacial score (nSPS) is 16.9. The summed E-state index contributed by atoms with van der Waals surface area (Å²) in [5, 5.41) is 6.10. The molecule has 1 aliphatic rings. The lowest BCUT2D eigenvalue weighted by molar-refractivity contribution is -0.130. The highest BCUT2D eigenvalue weighted by Crippen LogP contribution is 2.18. The van der Waals surface area contributed by atoms with E-state index in [0.29, 0.717) is 11.4 Å². The summed E-state index contributed by atoms with van der Waals surface area (Å²) in [4.78, 5) is 25.1. The number of benzene rings is 1. The van der Waals surface area contributed by atoms with Crippen molar-refractivity contribution < 1.29 is 14.3 Å². The van der Waals surface area contributed by atoms with Gasteiger partial charge in [0.2, 0.25) is 5.91 Å². The van der Waals surface area contributed by atoms with Gasteiger partial charge in [-0.25, -0.2) is 0 Å². The van der Waals surface area contributed by atoms with Crippen LogP contribution in [-0.4, -0.2) is 50.0 Å². The van der Waals surface area contributed by atoms with Crippen molar-refractivity contribution in [2.45, 2.75) is 25.3 Å². The van der Waals surface area contributed by atoms with E-state index in [1.165, 1.54) is 4.90 Å². The number of halogens is 1. The topological polar surface area (TPSA) is 70.7 Å². The summed E-state index contributed by atoms with van der Waals surface area (Å²) in [5.41, 5.74) is 0.673. The van der Waals surface area contributed by atoms with Gasteiger partial charge >= 0.3 is 0 Å². The average Bonchev–Trinajstić information content (AvgIpc) is 2.53. The van der Waals surface area contributed by atoms with E-state index in [2.05, 4.69) is 10.6 Å². The first-order valence-corrected chi connectivity index (χ1v) is 7.53. The number of carbonyl (C=O) groups is 2. The van der Waals surface area contributed by atoms with E-state index in [1.807, 2.05) is 0 Å². The zero-order chi connectivity index (χ0) is 15.9. The number of hydrogen-bond acceptors (Lipinski definition) is 4. The van der Waals surface area contributed by atoms with Gasteiger partial charge in [-0.3, -0.25) is 9.59 Å². The van der Waals surface area contributed by atoms with Crippen LogP contribution in [0.15, 0.2) is 24.3 Å². The molecule has 1 fully saturated rings. The minimum Gasteiger partial charge on any atom is -0.484 e. The van der Waals surface area contributed by atoms with Crippen LogP contribution in [0.1, 0.15) is 19.3 Å². The Balaban J connectivity index is 0.00000264. The van der Waals surface area contributed by atoms with Gasteiger partial charge in [-0.15, -0.1) is 12.4 Å². The fraction of sp³-hybridized carbons (Fsp3) is 0.500. The van der Waals surface area contributed by atoms with E-state index in [-0.39, 0.29) is 36.9 Å². The fourth-order valence-electron chi connectivity index (χ4n) is 2.24. The Morgan fingerprint density at radius 2 is 2.13 bits per heavy atom. The summed E-state index contributed by atoms with van der Waals surface area (Å²) in [6.07, 6.45) is 3.05. The van der Waals surface area contributed by atoms with Crippen LogP contribution in [0.2, 0.25) is 0 Å². The van der Waals surface area contributed by atoms with Gasteiger partial charge in [-0.1, -0.05) is 12.5 Å². The Morgan fingerprint density at radius 1 is 1.35 bits per heavy atom. The molecule has 0 spiro atoms. The van der Waals surface area contributed by atoms with Gasteiger partial charge in [0.25, 0.3) is 5.91 Å². The number of carbonyl (C=O) groups excluding carboxylic acids is 2. The van der Waals surface area contributed by atoms with Crippen LogP contribution >= 0.6 is 12.4 Å². The number of nitrogens with zero attached hydrogens (tertiary/aromatic N) is 1. The largest absolute Gasteiger partial charge is 0.484 e. The van der Waals surface area contributed by atoms with Crippen molar-refractivity contribution in [3.8, 4) is 5.75 Å². The van der Waals surface area contributed by atoms with Crippen molar-refractivity contribution in [3.63, 3.8) is 0 Å². The maximum atomic E-state index is 12.2. The SMILES string of the molecule is CN(C)C(=O)COc1cccc(NC(=O)C2CCCCN2)c1.Cl. The van der Waals surface area contributed by atoms with Gasteiger partial charge in [0.1, 0.15) is 5.75 Å². The third-order valence-electron chi connectivity index (χ3n) is 3.59. The van der Waals surface area contributed by atoms with Crippen LogP contribution in [0.3, 0.4) is 0 Å². The highest BCUT2D eigenvalue weighted by atomic mass is 35.5. The molecule has 0 radical (unpaired) electrons. The maximum absolute atomic E-state index is 12.2. The zero-order valence-corrected chi connectivity index (χ0v) is 14.3. The molecular formula is C16H24ClN3O3. The molecule has 0 aromatic heterocycles. The highest BCUT2D eigenvalue weighted by molar-refractivity contribution is 5.95. The number of likely N-dealkylation sites (N-methyl/N-ethyl adjacent to an activating group) is 1. The van der Waals surface area contributed by atoms with Crippen LogP contribution in [0.4, 0.5) is 5.69 Å². The molecule has 0 aliphatic carbocycles. The lowest BCUT2D eigenvalue weighted by atomic mass is 10.0. The first-order chi connectivity index (χ1) is 10.6. The van der Waals surface area contributed by atoms with Gasteiger partial charge in [0, 0.05) is 25.8 Å². The number of ether oxygens (including phenoxy) is 1. The van der Waals surface area contributed by atoms with E-state index in [4.69, 9.17) is 4.74 Å². The molecule has 1 aromatic rings. The summed E-state index contributed by atoms with van der Waals surface area (Å²) in [6, 6.07) is 6.95. The number of hydrogen-bond donors (Lipinski definition) is 2. The predicted octanol–water partition coefficient (Wildman–Crippen LogP) is 1.66. The summed E-state index contributed by atoms with van der Waals surface area (Å²) >= 11 is 0. The molecule has 7 heteroatoms. The van der Waals surface area contributed by atoms with Crippen molar-refractivity contribution in [2.24, 2.45) is 0 Å². The van der Waals surface area contributed by atoms with Crippen molar-refractivity contribution in [2.75, 3.05) is 32.6 Å². The van der Waals surface area contributed by atoms with Crippen LogP contribution in [0.5, 0.6) is 5.75 Å². The Hall–Kier alpha value is -1.79. The third-order valence-corrected chi connectivity index (χ3v) is 3.59. The van der Waals surface area contributed by atoms with E-state index in [9.17, 15) is 9.59 Å². The Bertz CT molecular complexity index is 531. The zero-order valence-electron chi connectivity index (χ0n) is 13.5. The quantitative estimate of drug-likeness (QED) is 0.854. The lowest BCUT2D eigenvalue weighted by Gasteiger charge is -2.22. The van der Waals surface area contributed by atoms with Gasteiger partial charge < -0.3 is 20.3 Å². The van der Waals surface area contributed by atoms with Gasteiger partial charge in [-0.2, -0.15) is 0 Å². The summed E-state index contributed by atoms with van der Waals surface area (Å²) in [5.74, 6) is 0.423. The van der Waals surface area contributed by atoms with Crippen LogP contribution < -0.4 is 15.4 Å². The second kappa shape index (κ2) is 9.37. The number of rotatable bonds is 5. The Labute approximate surface area is 143 Å². The number of nitrogens with one attached hydrogen (secondary N) is 2. The number of piperidine rings is 1. The van der Waals surface area contributed by atoms with Crippen molar-refractivity contribution in [1.82, 2.24) is 10.2 Å². The van der Waals surface area contributed by atoms with E-state index < -0.39 is 0 Å². The standard InChI is InChI=1S/C16H23N3O3.ClH/c1-19(2)15(20)11-22-13-7-5-6-12(10-13)18-16(21)14-8-3-4-9-17-14;/h5-7,10,14,17H,3-4,8-9,11H2,1-2H3,(H,18,21);1H.